The summed E-state index contributed by atoms with van der Waals surface area (Å²) >= 11 is 0. The Morgan fingerprint density at radius 1 is 0.833 bits per heavy atom. The van der Waals surface area contributed by atoms with Gasteiger partial charge >= 0.3 is 0 Å². The molecule has 1 aromatic heterocycles. The first-order valence-corrected chi connectivity index (χ1v) is 10.6. The number of benzene rings is 3. The second-order valence-corrected chi connectivity index (χ2v) is 8.31. The zero-order valence-electron chi connectivity index (χ0n) is 16.4. The Morgan fingerprint density at radius 3 is 2.27 bits per heavy atom. The third-order valence-electron chi connectivity index (χ3n) is 4.65. The molecule has 0 bridgehead atoms. The lowest BCUT2D eigenvalue weighted by Crippen LogP contribution is -2.04. The summed E-state index contributed by atoms with van der Waals surface area (Å²) in [5.41, 5.74) is 1.61. The van der Waals surface area contributed by atoms with Gasteiger partial charge in [-0.05, 0) is 42.5 Å². The summed E-state index contributed by atoms with van der Waals surface area (Å²) in [6, 6.07) is 20.4. The van der Waals surface area contributed by atoms with E-state index >= 15 is 0 Å². The summed E-state index contributed by atoms with van der Waals surface area (Å²) in [7, 11) is -0.660. The number of nitrogens with zero attached hydrogens (tertiary/aromatic N) is 3. The van der Waals surface area contributed by atoms with Crippen molar-refractivity contribution in [3.05, 3.63) is 79.0 Å². The van der Waals surface area contributed by atoms with Crippen LogP contribution in [0.25, 0.3) is 16.9 Å². The molecule has 3 aromatic carbocycles. The Morgan fingerprint density at radius 2 is 1.53 bits per heavy atom. The van der Waals surface area contributed by atoms with Crippen molar-refractivity contribution in [2.75, 3.05) is 14.2 Å². The molecule has 0 radical (unpaired) electrons. The van der Waals surface area contributed by atoms with E-state index in [-0.39, 0.29) is 9.79 Å². The fraction of sp³-hybridized carbons (Fsp3) is 0.0909. The number of methoxy groups -OCH3 is 2. The largest absolute Gasteiger partial charge is 0.497 e. The molecule has 30 heavy (non-hydrogen) atoms. The number of aromatic nitrogens is 3. The number of ether oxygens (including phenoxy) is 2. The van der Waals surface area contributed by atoms with Crippen LogP contribution in [0.15, 0.2) is 88.8 Å². The normalized spacial score (nSPS) is 11.3. The molecular weight excluding hydrogens is 402 g/mol. The predicted molar refractivity (Wildman–Crippen MR) is 112 cm³/mol. The van der Waals surface area contributed by atoms with Gasteiger partial charge in [0.15, 0.2) is 0 Å². The van der Waals surface area contributed by atoms with E-state index < -0.39 is 9.84 Å². The van der Waals surface area contributed by atoms with Crippen LogP contribution in [0.1, 0.15) is 0 Å². The SMILES string of the molecule is COc1ccc(S(=O)(=O)c2ccccc2-c2cn(-c3ccccc3OC)nn2)cc1. The molecule has 152 valence electrons. The molecule has 4 rings (SSSR count). The summed E-state index contributed by atoms with van der Waals surface area (Å²) in [6.45, 7) is 0. The van der Waals surface area contributed by atoms with Crippen LogP contribution in [-0.2, 0) is 9.84 Å². The van der Waals surface area contributed by atoms with E-state index in [9.17, 15) is 8.42 Å². The standard InChI is InChI=1S/C22H19N3O4S/c1-28-16-11-13-17(14-12-16)30(26,27)22-10-6-3-7-18(22)19-15-25(24-23-19)20-8-4-5-9-21(20)29-2/h3-15H,1-2H3. The van der Waals surface area contributed by atoms with Gasteiger partial charge in [0, 0.05) is 5.56 Å². The van der Waals surface area contributed by atoms with E-state index in [4.69, 9.17) is 9.47 Å². The predicted octanol–water partition coefficient (Wildman–Crippen LogP) is 3.78. The van der Waals surface area contributed by atoms with Crippen LogP contribution in [0.2, 0.25) is 0 Å². The van der Waals surface area contributed by atoms with Gasteiger partial charge in [0.05, 0.1) is 30.2 Å². The van der Waals surface area contributed by atoms with Gasteiger partial charge in [0.1, 0.15) is 22.9 Å². The summed E-state index contributed by atoms with van der Waals surface area (Å²) in [5, 5.41) is 8.37. The molecule has 7 nitrogen and oxygen atoms in total. The van der Waals surface area contributed by atoms with Crippen LogP contribution in [0.4, 0.5) is 0 Å². The van der Waals surface area contributed by atoms with Crippen molar-refractivity contribution in [3.8, 4) is 28.4 Å². The van der Waals surface area contributed by atoms with Crippen LogP contribution in [-0.4, -0.2) is 37.6 Å². The quantitative estimate of drug-likeness (QED) is 0.471. The van der Waals surface area contributed by atoms with Gasteiger partial charge in [-0.1, -0.05) is 35.5 Å². The highest BCUT2D eigenvalue weighted by molar-refractivity contribution is 7.91. The van der Waals surface area contributed by atoms with Crippen LogP contribution in [0, 0.1) is 0 Å². The van der Waals surface area contributed by atoms with E-state index in [1.54, 1.807) is 54.4 Å². The Hall–Kier alpha value is -3.65. The van der Waals surface area contributed by atoms with Crippen molar-refractivity contribution in [2.24, 2.45) is 0 Å². The average Bonchev–Trinajstić information content (AvgIpc) is 3.29. The highest BCUT2D eigenvalue weighted by Crippen LogP contribution is 2.32. The lowest BCUT2D eigenvalue weighted by Gasteiger charge is -2.09. The van der Waals surface area contributed by atoms with Gasteiger partial charge in [-0.3, -0.25) is 0 Å². The Balaban J connectivity index is 1.78. The molecule has 0 amide bonds. The van der Waals surface area contributed by atoms with E-state index in [1.807, 2.05) is 24.3 Å². The van der Waals surface area contributed by atoms with Crippen LogP contribution in [0.5, 0.6) is 11.5 Å². The topological polar surface area (TPSA) is 83.3 Å². The first-order chi connectivity index (χ1) is 14.5. The first kappa shape index (κ1) is 19.7. The van der Waals surface area contributed by atoms with Gasteiger partial charge in [0.2, 0.25) is 9.84 Å². The molecule has 0 aliphatic carbocycles. The van der Waals surface area contributed by atoms with Crippen molar-refractivity contribution >= 4 is 9.84 Å². The molecule has 4 aromatic rings. The van der Waals surface area contributed by atoms with Crippen molar-refractivity contribution < 1.29 is 17.9 Å². The number of rotatable bonds is 6. The van der Waals surface area contributed by atoms with E-state index in [1.165, 1.54) is 19.2 Å². The zero-order valence-corrected chi connectivity index (χ0v) is 17.2. The molecular formula is C22H19N3O4S. The van der Waals surface area contributed by atoms with Gasteiger partial charge in [-0.15, -0.1) is 5.10 Å². The highest BCUT2D eigenvalue weighted by atomic mass is 32.2. The molecule has 1 heterocycles. The van der Waals surface area contributed by atoms with Gasteiger partial charge < -0.3 is 9.47 Å². The minimum atomic E-state index is -3.77. The Bertz CT molecular complexity index is 1280. The summed E-state index contributed by atoms with van der Waals surface area (Å²) in [4.78, 5) is 0.329. The van der Waals surface area contributed by atoms with Crippen molar-refractivity contribution in [1.29, 1.82) is 0 Å². The fourth-order valence-electron chi connectivity index (χ4n) is 3.12. The van der Waals surface area contributed by atoms with Crippen molar-refractivity contribution in [2.45, 2.75) is 9.79 Å². The summed E-state index contributed by atoms with van der Waals surface area (Å²) in [5.74, 6) is 1.22. The van der Waals surface area contributed by atoms with Crippen LogP contribution >= 0.6 is 0 Å². The van der Waals surface area contributed by atoms with E-state index in [0.717, 1.165) is 0 Å². The average molecular weight is 421 g/mol. The van der Waals surface area contributed by atoms with Crippen LogP contribution < -0.4 is 9.47 Å². The lowest BCUT2D eigenvalue weighted by atomic mass is 10.2. The third kappa shape index (κ3) is 3.53. The number of para-hydroxylation sites is 2. The minimum Gasteiger partial charge on any atom is -0.497 e. The second kappa shape index (κ2) is 8.00. The number of hydrogen-bond donors (Lipinski definition) is 0. The second-order valence-electron chi connectivity index (χ2n) is 6.40. The molecule has 0 atom stereocenters. The molecule has 0 spiro atoms. The minimum absolute atomic E-state index is 0.155. The smallest absolute Gasteiger partial charge is 0.207 e. The highest BCUT2D eigenvalue weighted by Gasteiger charge is 2.23. The maximum absolute atomic E-state index is 13.3. The fourth-order valence-corrected chi connectivity index (χ4v) is 4.59. The first-order valence-electron chi connectivity index (χ1n) is 9.09. The Labute approximate surface area is 174 Å². The number of hydrogen-bond acceptors (Lipinski definition) is 6. The third-order valence-corrected chi connectivity index (χ3v) is 6.48. The summed E-state index contributed by atoms with van der Waals surface area (Å²) in [6.07, 6.45) is 1.68. The maximum atomic E-state index is 13.3. The number of sulfone groups is 1. The van der Waals surface area contributed by atoms with Crippen molar-refractivity contribution in [3.63, 3.8) is 0 Å². The summed E-state index contributed by atoms with van der Waals surface area (Å²) < 4.78 is 38.6. The monoisotopic (exact) mass is 421 g/mol. The Kier molecular flexibility index (Phi) is 5.24. The molecule has 0 unspecified atom stereocenters. The molecule has 0 fully saturated rings. The molecule has 0 N–H and O–H groups in total. The van der Waals surface area contributed by atoms with Crippen LogP contribution in [0.3, 0.4) is 0 Å². The lowest BCUT2D eigenvalue weighted by molar-refractivity contribution is 0.411. The van der Waals surface area contributed by atoms with Gasteiger partial charge in [-0.2, -0.15) is 0 Å². The molecule has 0 saturated carbocycles. The van der Waals surface area contributed by atoms with E-state index in [2.05, 4.69) is 10.3 Å². The van der Waals surface area contributed by atoms with Gasteiger partial charge in [0.25, 0.3) is 0 Å². The maximum Gasteiger partial charge on any atom is 0.207 e. The van der Waals surface area contributed by atoms with Gasteiger partial charge in [-0.25, -0.2) is 13.1 Å². The zero-order chi connectivity index (χ0) is 21.1. The van der Waals surface area contributed by atoms with E-state index in [0.29, 0.717) is 28.4 Å². The molecule has 0 aliphatic rings. The van der Waals surface area contributed by atoms with Crippen molar-refractivity contribution in [1.82, 2.24) is 15.0 Å². The molecule has 0 saturated heterocycles. The molecule has 8 heteroatoms. The molecule has 0 aliphatic heterocycles.